The lowest BCUT2D eigenvalue weighted by molar-refractivity contribution is -0.139. The van der Waals surface area contributed by atoms with Crippen molar-refractivity contribution < 1.29 is 19.4 Å². The van der Waals surface area contributed by atoms with E-state index in [0.29, 0.717) is 6.61 Å². The lowest BCUT2D eigenvalue weighted by Crippen LogP contribution is -2.26. The van der Waals surface area contributed by atoms with Gasteiger partial charge in [0.15, 0.2) is 0 Å². The molecule has 2 aliphatic carbocycles. The Bertz CT molecular complexity index is 993. The highest BCUT2D eigenvalue weighted by molar-refractivity contribution is 6.33. The first-order valence-corrected chi connectivity index (χ1v) is 11.3. The maximum absolute atomic E-state index is 11.6. The molecular weight excluding hydrogens is 387 g/mol. The molecule has 1 saturated carbocycles. The van der Waals surface area contributed by atoms with Crippen molar-refractivity contribution in [2.75, 3.05) is 7.11 Å². The summed E-state index contributed by atoms with van der Waals surface area (Å²) in [7, 11) is 3.89. The largest absolute Gasteiger partial charge is 0.489 e. The van der Waals surface area contributed by atoms with E-state index in [4.69, 9.17) is 9.47 Å². The van der Waals surface area contributed by atoms with Gasteiger partial charge in [0.05, 0.1) is 12.0 Å². The molecule has 3 atom stereocenters. The highest BCUT2D eigenvalue weighted by Gasteiger charge is 2.60. The fourth-order valence-corrected chi connectivity index (χ4v) is 5.43. The molecule has 2 aliphatic rings. The Hall–Kier alpha value is -2.27. The second kappa shape index (κ2) is 8.01. The molecule has 2 aromatic rings. The summed E-state index contributed by atoms with van der Waals surface area (Å²) in [6.07, 6.45) is 3.82. The van der Waals surface area contributed by atoms with Crippen LogP contribution in [0.1, 0.15) is 68.4 Å². The summed E-state index contributed by atoms with van der Waals surface area (Å²) < 4.78 is 12.0. The van der Waals surface area contributed by atoms with Crippen LogP contribution in [0.3, 0.4) is 0 Å². The van der Waals surface area contributed by atoms with Crippen molar-refractivity contribution in [3.8, 4) is 5.75 Å². The maximum atomic E-state index is 11.6. The van der Waals surface area contributed by atoms with Gasteiger partial charge in [0.1, 0.15) is 20.2 Å². The standard InChI is InChI=1S/C26H33BO4/c1-25(2,3)23(30-4)19-12-16(7-10-22(19)27)15-31-18-9-8-17-6-5-11-26(20(17)13-18)14-21(26)24(28)29/h7-10,12-13,21,23H,5-6,11,14-15,27H2,1-4H3,(H,28,29)/t21-,23+,26-/m1/s1. The van der Waals surface area contributed by atoms with Crippen LogP contribution in [0.2, 0.25) is 0 Å². The fraction of sp³-hybridized carbons (Fsp3) is 0.500. The normalized spacial score (nSPS) is 23.3. The molecule has 1 N–H and O–H groups in total. The molecule has 0 radical (unpaired) electrons. The van der Waals surface area contributed by atoms with Gasteiger partial charge in [-0.15, -0.1) is 0 Å². The van der Waals surface area contributed by atoms with Gasteiger partial charge in [0, 0.05) is 12.5 Å². The highest BCUT2D eigenvalue weighted by Crippen LogP contribution is 2.60. The van der Waals surface area contributed by atoms with Crippen molar-refractivity contribution in [2.45, 2.75) is 64.6 Å². The molecule has 1 fully saturated rings. The SMILES string of the molecule is Bc1ccc(COc2ccc3c(c2)[C@@]2(CCC3)C[C@@H]2C(=O)O)cc1[C@H](OC)C(C)(C)C. The summed E-state index contributed by atoms with van der Waals surface area (Å²) >= 11 is 0. The maximum Gasteiger partial charge on any atom is 0.307 e. The summed E-state index contributed by atoms with van der Waals surface area (Å²) in [4.78, 5) is 11.6. The van der Waals surface area contributed by atoms with Crippen LogP contribution in [-0.4, -0.2) is 26.0 Å². The molecule has 1 spiro atoms. The van der Waals surface area contributed by atoms with Gasteiger partial charge in [0.25, 0.3) is 0 Å². The molecule has 0 aliphatic heterocycles. The number of ether oxygens (including phenoxy) is 2. The number of methoxy groups -OCH3 is 1. The van der Waals surface area contributed by atoms with E-state index in [1.807, 2.05) is 6.07 Å². The number of benzene rings is 2. The topological polar surface area (TPSA) is 55.8 Å². The third-order valence-corrected chi connectivity index (χ3v) is 7.11. The smallest absolute Gasteiger partial charge is 0.307 e. The van der Waals surface area contributed by atoms with E-state index in [1.165, 1.54) is 22.2 Å². The number of carboxylic acid groups (broad SMARTS) is 1. The van der Waals surface area contributed by atoms with E-state index in [9.17, 15) is 9.90 Å². The first kappa shape index (κ1) is 21.9. The lowest BCUT2D eigenvalue weighted by Gasteiger charge is -2.31. The number of hydrogen-bond acceptors (Lipinski definition) is 3. The van der Waals surface area contributed by atoms with Crippen LogP contribution in [0.15, 0.2) is 36.4 Å². The van der Waals surface area contributed by atoms with E-state index < -0.39 is 5.97 Å². The molecule has 0 aromatic heterocycles. The van der Waals surface area contributed by atoms with Crippen LogP contribution >= 0.6 is 0 Å². The van der Waals surface area contributed by atoms with Crippen molar-refractivity contribution in [3.63, 3.8) is 0 Å². The molecule has 0 bridgehead atoms. The molecule has 0 amide bonds. The average Bonchev–Trinajstić information content (AvgIpc) is 3.43. The second-order valence-corrected chi connectivity index (χ2v) is 10.4. The number of hydrogen-bond donors (Lipinski definition) is 1. The molecule has 4 nitrogen and oxygen atoms in total. The monoisotopic (exact) mass is 420 g/mol. The van der Waals surface area contributed by atoms with Gasteiger partial charge in [-0.25, -0.2) is 0 Å². The Morgan fingerprint density at radius 1 is 1.26 bits per heavy atom. The van der Waals surface area contributed by atoms with Crippen LogP contribution < -0.4 is 10.2 Å². The minimum absolute atomic E-state index is 0.00323. The highest BCUT2D eigenvalue weighted by atomic mass is 16.5. The minimum Gasteiger partial charge on any atom is -0.489 e. The Balaban J connectivity index is 1.54. The first-order chi connectivity index (χ1) is 14.7. The Kier molecular flexibility index (Phi) is 5.67. The van der Waals surface area contributed by atoms with Gasteiger partial charge in [-0.05, 0) is 65.5 Å². The molecular formula is C26H33BO4. The Morgan fingerprint density at radius 2 is 2.03 bits per heavy atom. The van der Waals surface area contributed by atoms with E-state index in [0.717, 1.165) is 37.0 Å². The predicted molar refractivity (Wildman–Crippen MR) is 125 cm³/mol. The van der Waals surface area contributed by atoms with Gasteiger partial charge in [-0.3, -0.25) is 4.79 Å². The zero-order valence-corrected chi connectivity index (χ0v) is 19.3. The van der Waals surface area contributed by atoms with Gasteiger partial charge >= 0.3 is 5.97 Å². The molecule has 0 saturated heterocycles. The van der Waals surface area contributed by atoms with Crippen LogP contribution in [0.25, 0.3) is 0 Å². The molecule has 5 heteroatoms. The number of rotatable bonds is 6. The average molecular weight is 420 g/mol. The van der Waals surface area contributed by atoms with Gasteiger partial charge in [-0.2, -0.15) is 0 Å². The number of carbonyl (C=O) groups is 1. The van der Waals surface area contributed by atoms with E-state index >= 15 is 0 Å². The number of aryl methyl sites for hydroxylation is 1. The number of carboxylic acids is 1. The zero-order valence-electron chi connectivity index (χ0n) is 19.3. The second-order valence-electron chi connectivity index (χ2n) is 10.4. The summed E-state index contributed by atoms with van der Waals surface area (Å²) in [5, 5.41) is 9.55. The Labute approximate surface area is 186 Å². The van der Waals surface area contributed by atoms with Gasteiger partial charge in [0.2, 0.25) is 0 Å². The van der Waals surface area contributed by atoms with Crippen molar-refractivity contribution in [1.29, 1.82) is 0 Å². The van der Waals surface area contributed by atoms with E-state index in [-0.39, 0.29) is 22.9 Å². The third-order valence-electron chi connectivity index (χ3n) is 7.11. The zero-order chi connectivity index (χ0) is 22.4. The van der Waals surface area contributed by atoms with Gasteiger partial charge in [-0.1, -0.05) is 50.5 Å². The number of aliphatic carboxylic acids is 1. The van der Waals surface area contributed by atoms with E-state index in [2.05, 4.69) is 58.9 Å². The third kappa shape index (κ3) is 4.12. The van der Waals surface area contributed by atoms with Crippen LogP contribution in [0.5, 0.6) is 5.75 Å². The van der Waals surface area contributed by atoms with Crippen molar-refractivity contribution >= 4 is 19.3 Å². The van der Waals surface area contributed by atoms with Crippen LogP contribution in [0.4, 0.5) is 0 Å². The van der Waals surface area contributed by atoms with Crippen molar-refractivity contribution in [2.24, 2.45) is 11.3 Å². The lowest BCUT2D eigenvalue weighted by atomic mass is 9.78. The molecule has 0 unspecified atom stereocenters. The van der Waals surface area contributed by atoms with Gasteiger partial charge < -0.3 is 14.6 Å². The van der Waals surface area contributed by atoms with E-state index in [1.54, 1.807) is 7.11 Å². The molecule has 4 rings (SSSR count). The number of fused-ring (bicyclic) bond motifs is 2. The molecule has 31 heavy (non-hydrogen) atoms. The molecule has 2 aromatic carbocycles. The van der Waals surface area contributed by atoms with Crippen LogP contribution in [-0.2, 0) is 28.0 Å². The van der Waals surface area contributed by atoms with Crippen molar-refractivity contribution in [3.05, 3.63) is 58.7 Å². The molecule has 0 heterocycles. The molecule has 164 valence electrons. The van der Waals surface area contributed by atoms with Crippen molar-refractivity contribution in [1.82, 2.24) is 0 Å². The summed E-state index contributed by atoms with van der Waals surface area (Å²) in [6, 6.07) is 12.7. The fourth-order valence-electron chi connectivity index (χ4n) is 5.43. The summed E-state index contributed by atoms with van der Waals surface area (Å²) in [5.74, 6) is -0.0972. The minimum atomic E-state index is -0.669. The summed E-state index contributed by atoms with van der Waals surface area (Å²) in [5.41, 5.74) is 5.82. The van der Waals surface area contributed by atoms with Crippen LogP contribution in [0, 0.1) is 11.3 Å². The summed E-state index contributed by atoms with van der Waals surface area (Å²) in [6.45, 7) is 7.04. The first-order valence-electron chi connectivity index (χ1n) is 11.3. The quantitative estimate of drug-likeness (QED) is 0.720. The predicted octanol–water partition coefficient (Wildman–Crippen LogP) is 3.94. The Morgan fingerprint density at radius 3 is 2.68 bits per heavy atom.